The fraction of sp³-hybridized carbons (Fsp3) is 0.176. The normalized spacial score (nSPS) is 13.6. The summed E-state index contributed by atoms with van der Waals surface area (Å²) in [7, 11) is 0. The largest absolute Gasteiger partial charge is 0.392 e. The van der Waals surface area contributed by atoms with Crippen LogP contribution in [0.4, 0.5) is 11.5 Å². The number of benzene rings is 1. The van der Waals surface area contributed by atoms with Gasteiger partial charge in [-0.15, -0.1) is 0 Å². The van der Waals surface area contributed by atoms with Crippen molar-refractivity contribution in [2.24, 2.45) is 0 Å². The molecule has 0 unspecified atom stereocenters. The zero-order valence-electron chi connectivity index (χ0n) is 11.8. The standard InChI is InChI=1S/C17H14BrN3O/c18-14-2-1-3-15-13(14)5-7-21(15)17-16-12(4-6-19-17)8-11(10-22)9-20-16/h1-4,6,8-9,22H,5,7,10H2. The Balaban J connectivity index is 1.88. The Morgan fingerprint density at radius 1 is 1.23 bits per heavy atom. The van der Waals surface area contributed by atoms with Gasteiger partial charge in [-0.05, 0) is 41.8 Å². The monoisotopic (exact) mass is 355 g/mol. The first kappa shape index (κ1) is 13.7. The average molecular weight is 356 g/mol. The van der Waals surface area contributed by atoms with Gasteiger partial charge in [-0.25, -0.2) is 4.98 Å². The van der Waals surface area contributed by atoms with Gasteiger partial charge in [0.25, 0.3) is 0 Å². The number of nitrogens with zero attached hydrogens (tertiary/aromatic N) is 3. The van der Waals surface area contributed by atoms with E-state index in [0.29, 0.717) is 0 Å². The highest BCUT2D eigenvalue weighted by Crippen LogP contribution is 2.39. The highest BCUT2D eigenvalue weighted by molar-refractivity contribution is 9.10. The predicted molar refractivity (Wildman–Crippen MR) is 90.3 cm³/mol. The second-order valence-electron chi connectivity index (χ2n) is 5.35. The number of hydrogen-bond acceptors (Lipinski definition) is 4. The summed E-state index contributed by atoms with van der Waals surface area (Å²) >= 11 is 3.63. The maximum atomic E-state index is 9.27. The van der Waals surface area contributed by atoms with Gasteiger partial charge in [0, 0.05) is 34.5 Å². The molecule has 0 saturated heterocycles. The molecule has 2 aromatic heterocycles. The molecule has 110 valence electrons. The first-order chi connectivity index (χ1) is 10.8. The van der Waals surface area contributed by atoms with E-state index in [4.69, 9.17) is 0 Å². The van der Waals surface area contributed by atoms with Gasteiger partial charge in [0.1, 0.15) is 5.52 Å². The smallest absolute Gasteiger partial charge is 0.159 e. The maximum absolute atomic E-state index is 9.27. The molecule has 1 N–H and O–H groups in total. The van der Waals surface area contributed by atoms with Gasteiger partial charge in [0.05, 0.1) is 6.61 Å². The Labute approximate surface area is 136 Å². The van der Waals surface area contributed by atoms with E-state index in [-0.39, 0.29) is 6.61 Å². The van der Waals surface area contributed by atoms with E-state index >= 15 is 0 Å². The molecule has 4 nitrogen and oxygen atoms in total. The van der Waals surface area contributed by atoms with Gasteiger partial charge < -0.3 is 10.0 Å². The van der Waals surface area contributed by atoms with Crippen LogP contribution in [-0.4, -0.2) is 21.6 Å². The molecule has 4 rings (SSSR count). The van der Waals surface area contributed by atoms with Gasteiger partial charge in [-0.2, -0.15) is 0 Å². The van der Waals surface area contributed by atoms with Crippen LogP contribution in [0.15, 0.2) is 47.2 Å². The number of aliphatic hydroxyl groups is 1. The third-order valence-electron chi connectivity index (χ3n) is 4.05. The zero-order chi connectivity index (χ0) is 15.1. The molecule has 22 heavy (non-hydrogen) atoms. The lowest BCUT2D eigenvalue weighted by Crippen LogP contribution is -2.15. The van der Waals surface area contributed by atoms with Crippen LogP contribution < -0.4 is 4.90 Å². The number of aromatic nitrogens is 2. The Morgan fingerprint density at radius 3 is 3.00 bits per heavy atom. The molecule has 1 aliphatic heterocycles. The van der Waals surface area contributed by atoms with E-state index in [0.717, 1.165) is 39.7 Å². The molecule has 3 aromatic rings. The number of halogens is 1. The molecule has 0 amide bonds. The van der Waals surface area contributed by atoms with Gasteiger partial charge in [0.2, 0.25) is 0 Å². The lowest BCUT2D eigenvalue weighted by molar-refractivity contribution is 0.281. The number of aliphatic hydroxyl groups excluding tert-OH is 1. The predicted octanol–water partition coefficient (Wildman–Crippen LogP) is 3.58. The van der Waals surface area contributed by atoms with Crippen LogP contribution in [0.25, 0.3) is 10.9 Å². The minimum Gasteiger partial charge on any atom is -0.392 e. The summed E-state index contributed by atoms with van der Waals surface area (Å²) < 4.78 is 1.14. The summed E-state index contributed by atoms with van der Waals surface area (Å²) in [5, 5.41) is 10.3. The van der Waals surface area contributed by atoms with Gasteiger partial charge in [-0.3, -0.25) is 4.98 Å². The van der Waals surface area contributed by atoms with E-state index in [9.17, 15) is 5.11 Å². The van der Waals surface area contributed by atoms with Crippen molar-refractivity contribution >= 4 is 38.3 Å². The van der Waals surface area contributed by atoms with Crippen molar-refractivity contribution in [1.82, 2.24) is 9.97 Å². The summed E-state index contributed by atoms with van der Waals surface area (Å²) in [5.41, 5.74) is 4.18. The van der Waals surface area contributed by atoms with Crippen molar-refractivity contribution in [3.05, 3.63) is 58.3 Å². The Kier molecular flexibility index (Phi) is 3.32. The molecule has 1 aromatic carbocycles. The third-order valence-corrected chi connectivity index (χ3v) is 4.79. The second kappa shape index (κ2) is 5.34. The van der Waals surface area contributed by atoms with Crippen LogP contribution in [0.3, 0.4) is 0 Å². The summed E-state index contributed by atoms with van der Waals surface area (Å²) in [4.78, 5) is 11.3. The van der Waals surface area contributed by atoms with Crippen LogP contribution in [0, 0.1) is 0 Å². The Hall–Kier alpha value is -1.98. The topological polar surface area (TPSA) is 49.3 Å². The highest BCUT2D eigenvalue weighted by Gasteiger charge is 2.24. The van der Waals surface area contributed by atoms with E-state index in [1.807, 2.05) is 18.2 Å². The van der Waals surface area contributed by atoms with Gasteiger partial charge in [-0.1, -0.05) is 22.0 Å². The number of rotatable bonds is 2. The lowest BCUT2D eigenvalue weighted by atomic mass is 10.1. The van der Waals surface area contributed by atoms with Crippen LogP contribution in [0.5, 0.6) is 0 Å². The number of anilines is 2. The number of pyridine rings is 2. The number of hydrogen-bond donors (Lipinski definition) is 1. The summed E-state index contributed by atoms with van der Waals surface area (Å²) in [6.45, 7) is 0.896. The quantitative estimate of drug-likeness (QED) is 0.763. The first-order valence-electron chi connectivity index (χ1n) is 7.17. The third kappa shape index (κ3) is 2.09. The van der Waals surface area contributed by atoms with Gasteiger partial charge >= 0.3 is 0 Å². The Bertz CT molecular complexity index is 866. The molecule has 0 fully saturated rings. The van der Waals surface area contributed by atoms with E-state index < -0.39 is 0 Å². The summed E-state index contributed by atoms with van der Waals surface area (Å²) in [5.74, 6) is 0.874. The van der Waals surface area contributed by atoms with E-state index in [1.165, 1.54) is 11.3 Å². The molecular weight excluding hydrogens is 342 g/mol. The molecule has 5 heteroatoms. The van der Waals surface area contributed by atoms with Crippen molar-refractivity contribution in [3.8, 4) is 0 Å². The lowest BCUT2D eigenvalue weighted by Gasteiger charge is -2.19. The van der Waals surface area contributed by atoms with Crippen molar-refractivity contribution in [3.63, 3.8) is 0 Å². The SMILES string of the molecule is OCc1cnc2c(N3CCc4c(Br)cccc43)nccc2c1. The van der Waals surface area contributed by atoms with Crippen molar-refractivity contribution < 1.29 is 5.11 Å². The number of fused-ring (bicyclic) bond motifs is 2. The first-order valence-corrected chi connectivity index (χ1v) is 7.96. The van der Waals surface area contributed by atoms with Crippen LogP contribution in [-0.2, 0) is 13.0 Å². The average Bonchev–Trinajstić information content (AvgIpc) is 2.99. The Morgan fingerprint density at radius 2 is 2.14 bits per heavy atom. The summed E-state index contributed by atoms with van der Waals surface area (Å²) in [6.07, 6.45) is 4.51. The molecule has 0 saturated carbocycles. The van der Waals surface area contributed by atoms with E-state index in [1.54, 1.807) is 12.4 Å². The minimum atomic E-state index is 0.0000899. The van der Waals surface area contributed by atoms with E-state index in [2.05, 4.69) is 42.9 Å². The van der Waals surface area contributed by atoms with Crippen molar-refractivity contribution in [2.45, 2.75) is 13.0 Å². The highest BCUT2D eigenvalue weighted by atomic mass is 79.9. The molecule has 3 heterocycles. The molecule has 0 bridgehead atoms. The minimum absolute atomic E-state index is 0.0000899. The molecule has 0 atom stereocenters. The zero-order valence-corrected chi connectivity index (χ0v) is 13.4. The second-order valence-corrected chi connectivity index (χ2v) is 6.20. The summed E-state index contributed by atoms with van der Waals surface area (Å²) in [6, 6.07) is 10.1. The molecule has 1 aliphatic rings. The van der Waals surface area contributed by atoms with Crippen molar-refractivity contribution in [2.75, 3.05) is 11.4 Å². The van der Waals surface area contributed by atoms with Gasteiger partial charge in [0.15, 0.2) is 5.82 Å². The fourth-order valence-electron chi connectivity index (χ4n) is 2.99. The molecular formula is C17H14BrN3O. The fourth-order valence-corrected chi connectivity index (χ4v) is 3.54. The maximum Gasteiger partial charge on any atom is 0.159 e. The van der Waals surface area contributed by atoms with Crippen LogP contribution in [0.1, 0.15) is 11.1 Å². The molecule has 0 radical (unpaired) electrons. The van der Waals surface area contributed by atoms with Crippen molar-refractivity contribution in [1.29, 1.82) is 0 Å². The molecule has 0 spiro atoms. The molecule has 0 aliphatic carbocycles. The van der Waals surface area contributed by atoms with Crippen LogP contribution in [0.2, 0.25) is 0 Å². The van der Waals surface area contributed by atoms with Crippen LogP contribution >= 0.6 is 15.9 Å².